The second-order valence-corrected chi connectivity index (χ2v) is 14.7. The zero-order valence-corrected chi connectivity index (χ0v) is 31.8. The van der Waals surface area contributed by atoms with Crippen molar-refractivity contribution in [3.05, 3.63) is 117 Å². The normalized spacial score (nSPS) is 18.8. The van der Waals surface area contributed by atoms with Crippen LogP contribution >= 0.6 is 23.2 Å². The number of aliphatic hydroxyl groups excluding tert-OH is 2. The Labute approximate surface area is 332 Å². The number of phenolic OH excluding ortho intramolecular Hbond substituents is 2. The quantitative estimate of drug-likeness (QED) is 0.108. The summed E-state index contributed by atoms with van der Waals surface area (Å²) in [6, 6.07) is 15.5. The van der Waals surface area contributed by atoms with Gasteiger partial charge in [-0.1, -0.05) is 23.2 Å². The molecule has 6 N–H and O–H groups in total. The van der Waals surface area contributed by atoms with Crippen molar-refractivity contribution in [1.82, 2.24) is 20.6 Å². The molecule has 0 unspecified atom stereocenters. The van der Waals surface area contributed by atoms with E-state index in [1.807, 2.05) is 0 Å². The van der Waals surface area contributed by atoms with Gasteiger partial charge in [0.1, 0.15) is 34.5 Å². The van der Waals surface area contributed by atoms with E-state index in [1.54, 1.807) is 48.5 Å². The van der Waals surface area contributed by atoms with E-state index in [0.29, 0.717) is 58.4 Å². The molecule has 2 aliphatic rings. The SMILES string of the molecule is O=C(Cc1ccnc(C(=O)N[C@@]2(CO)CCOC2)c1)Cc1cc(Cl)ccc1O.O=C(Cc1ccnc(C(=O)N[C@]2(CO)CCOC2)c1)Cc1cc(Cl)ccc1O. The average Bonchev–Trinajstić information content (AvgIpc) is 3.85. The number of pyridine rings is 2. The number of hydrogen-bond donors (Lipinski definition) is 6. The van der Waals surface area contributed by atoms with Crippen molar-refractivity contribution in [2.75, 3.05) is 39.6 Å². The average molecular weight is 810 g/mol. The zero-order valence-electron chi connectivity index (χ0n) is 30.3. The van der Waals surface area contributed by atoms with E-state index in [-0.39, 0.29) is 86.6 Å². The number of aliphatic hydroxyl groups is 2. The van der Waals surface area contributed by atoms with E-state index in [9.17, 15) is 39.6 Å². The van der Waals surface area contributed by atoms with Gasteiger partial charge in [-0.2, -0.15) is 0 Å². The molecule has 4 heterocycles. The molecule has 2 aliphatic heterocycles. The fourth-order valence-corrected chi connectivity index (χ4v) is 6.55. The first-order valence-electron chi connectivity index (χ1n) is 17.7. The minimum atomic E-state index is -0.797. The van der Waals surface area contributed by atoms with Crippen LogP contribution in [0.15, 0.2) is 73.1 Å². The van der Waals surface area contributed by atoms with Crippen LogP contribution in [0.3, 0.4) is 0 Å². The smallest absolute Gasteiger partial charge is 0.270 e. The highest BCUT2D eigenvalue weighted by Gasteiger charge is 2.37. The third-order valence-electron chi connectivity index (χ3n) is 9.34. The zero-order chi connectivity index (χ0) is 40.3. The Balaban J connectivity index is 0.000000214. The van der Waals surface area contributed by atoms with E-state index in [0.717, 1.165) is 0 Å². The molecule has 16 heteroatoms. The van der Waals surface area contributed by atoms with E-state index in [4.69, 9.17) is 32.7 Å². The molecule has 2 aromatic heterocycles. The Bertz CT molecular complexity index is 1910. The van der Waals surface area contributed by atoms with Gasteiger partial charge in [0.15, 0.2) is 0 Å². The molecule has 0 saturated carbocycles. The number of carbonyl (C=O) groups is 4. The van der Waals surface area contributed by atoms with Crippen LogP contribution in [-0.2, 0) is 44.7 Å². The number of aromatic nitrogens is 2. The number of rotatable bonds is 14. The van der Waals surface area contributed by atoms with Gasteiger partial charge in [0, 0.05) is 72.5 Å². The van der Waals surface area contributed by atoms with Crippen molar-refractivity contribution in [3.63, 3.8) is 0 Å². The van der Waals surface area contributed by atoms with Crippen molar-refractivity contribution in [1.29, 1.82) is 0 Å². The first-order valence-corrected chi connectivity index (χ1v) is 18.5. The van der Waals surface area contributed by atoms with Crippen LogP contribution in [0, 0.1) is 0 Å². The maximum Gasteiger partial charge on any atom is 0.270 e. The van der Waals surface area contributed by atoms with Gasteiger partial charge in [0.05, 0.1) is 37.5 Å². The fourth-order valence-electron chi connectivity index (χ4n) is 6.16. The number of amides is 2. The molecule has 6 rings (SSSR count). The van der Waals surface area contributed by atoms with Crippen molar-refractivity contribution < 1.29 is 49.1 Å². The summed E-state index contributed by atoms with van der Waals surface area (Å²) < 4.78 is 10.5. The number of Topliss-reactive ketones (excluding diaryl/α,β-unsaturated/α-hetero) is 2. The predicted octanol–water partition coefficient (Wildman–Crippen LogP) is 3.35. The van der Waals surface area contributed by atoms with Gasteiger partial charge < -0.3 is 40.5 Å². The van der Waals surface area contributed by atoms with Gasteiger partial charge in [0.2, 0.25) is 0 Å². The standard InChI is InChI=1S/2C20H21ClN2O5/c2*21-15-1-2-18(26)14(9-15)10-16(25)7-13-3-5-22-17(8-13)19(27)23-20(11-24)4-6-28-12-20/h2*1-3,5,8-9,24,26H,4,6-7,10-12H2,(H,23,27)/t2*20-/m10/s1. The van der Waals surface area contributed by atoms with Crippen LogP contribution in [0.5, 0.6) is 11.5 Å². The molecule has 2 saturated heterocycles. The van der Waals surface area contributed by atoms with Gasteiger partial charge in [-0.15, -0.1) is 0 Å². The molecule has 2 fully saturated rings. The monoisotopic (exact) mass is 808 g/mol. The van der Waals surface area contributed by atoms with E-state index in [2.05, 4.69) is 20.6 Å². The highest BCUT2D eigenvalue weighted by atomic mass is 35.5. The Morgan fingerprint density at radius 2 is 1.04 bits per heavy atom. The number of nitrogens with zero attached hydrogens (tertiary/aromatic N) is 2. The molecule has 2 atom stereocenters. The number of phenols is 2. The number of ether oxygens (including phenoxy) is 2. The molecule has 296 valence electrons. The molecule has 0 spiro atoms. The highest BCUT2D eigenvalue weighted by Crippen LogP contribution is 2.25. The molecule has 0 bridgehead atoms. The molecule has 2 aromatic carbocycles. The molecule has 56 heavy (non-hydrogen) atoms. The highest BCUT2D eigenvalue weighted by molar-refractivity contribution is 6.31. The van der Waals surface area contributed by atoms with Crippen molar-refractivity contribution in [2.45, 2.75) is 49.6 Å². The molecular formula is C40H42Cl2N4O10. The summed E-state index contributed by atoms with van der Waals surface area (Å²) in [6.07, 6.45) is 4.21. The number of nitrogens with one attached hydrogen (secondary N) is 2. The summed E-state index contributed by atoms with van der Waals surface area (Å²) >= 11 is 11.8. The van der Waals surface area contributed by atoms with Gasteiger partial charge in [0.25, 0.3) is 11.8 Å². The van der Waals surface area contributed by atoms with Crippen LogP contribution in [0.2, 0.25) is 10.0 Å². The molecular weight excluding hydrogens is 767 g/mol. The lowest BCUT2D eigenvalue weighted by Crippen LogP contribution is -2.52. The summed E-state index contributed by atoms with van der Waals surface area (Å²) in [5.41, 5.74) is 0.904. The van der Waals surface area contributed by atoms with Crippen molar-refractivity contribution in [3.8, 4) is 11.5 Å². The number of aromatic hydroxyl groups is 2. The summed E-state index contributed by atoms with van der Waals surface area (Å²) in [6.45, 7) is 0.992. The maximum absolute atomic E-state index is 12.5. The van der Waals surface area contributed by atoms with Crippen molar-refractivity contribution >= 4 is 46.6 Å². The number of carbonyl (C=O) groups excluding carboxylic acids is 4. The summed E-state index contributed by atoms with van der Waals surface area (Å²) in [5.74, 6) is -1.10. The Morgan fingerprint density at radius 1 is 0.625 bits per heavy atom. The third-order valence-corrected chi connectivity index (χ3v) is 9.81. The maximum atomic E-state index is 12.5. The fraction of sp³-hybridized carbons (Fsp3) is 0.350. The number of hydrogen-bond acceptors (Lipinski definition) is 12. The van der Waals surface area contributed by atoms with E-state index >= 15 is 0 Å². The van der Waals surface area contributed by atoms with Crippen LogP contribution in [0.1, 0.15) is 56.1 Å². The van der Waals surface area contributed by atoms with Crippen LogP contribution in [-0.4, -0.2) is 104 Å². The topological polar surface area (TPSA) is 218 Å². The third kappa shape index (κ3) is 11.5. The number of halogens is 2. The minimum Gasteiger partial charge on any atom is -0.508 e. The van der Waals surface area contributed by atoms with Gasteiger partial charge >= 0.3 is 0 Å². The van der Waals surface area contributed by atoms with E-state index < -0.39 is 22.9 Å². The van der Waals surface area contributed by atoms with Gasteiger partial charge in [-0.3, -0.25) is 29.1 Å². The molecule has 14 nitrogen and oxygen atoms in total. The molecule has 4 aromatic rings. The van der Waals surface area contributed by atoms with Gasteiger partial charge in [-0.05, 0) is 84.6 Å². The number of ketones is 2. The molecule has 0 aliphatic carbocycles. The van der Waals surface area contributed by atoms with Crippen molar-refractivity contribution in [2.24, 2.45) is 0 Å². The Kier molecular flexibility index (Phi) is 14.5. The summed E-state index contributed by atoms with van der Waals surface area (Å²) in [4.78, 5) is 57.9. The minimum absolute atomic E-state index is 0.0145. The first kappa shape index (κ1) is 42.2. The lowest BCUT2D eigenvalue weighted by atomic mass is 9.99. The second-order valence-electron chi connectivity index (χ2n) is 13.8. The lowest BCUT2D eigenvalue weighted by molar-refractivity contribution is -0.118. The van der Waals surface area contributed by atoms with Gasteiger partial charge in [-0.25, -0.2) is 0 Å². The van der Waals surface area contributed by atoms with Crippen LogP contribution < -0.4 is 10.6 Å². The van der Waals surface area contributed by atoms with Crippen LogP contribution in [0.25, 0.3) is 0 Å². The summed E-state index contributed by atoms with van der Waals surface area (Å²) in [5, 5.41) is 45.3. The molecule has 2 amide bonds. The molecule has 0 radical (unpaired) electrons. The van der Waals surface area contributed by atoms with E-state index in [1.165, 1.54) is 24.5 Å². The van der Waals surface area contributed by atoms with Crippen LogP contribution in [0.4, 0.5) is 0 Å². The largest absolute Gasteiger partial charge is 0.508 e. The predicted molar refractivity (Wildman–Crippen MR) is 205 cm³/mol. The lowest BCUT2D eigenvalue weighted by Gasteiger charge is -2.26. The Hall–Kier alpha value is -4.96. The second kappa shape index (κ2) is 19.3. The Morgan fingerprint density at radius 3 is 1.39 bits per heavy atom. The first-order chi connectivity index (χ1) is 26.8. The number of benzene rings is 2. The summed E-state index contributed by atoms with van der Waals surface area (Å²) in [7, 11) is 0.